The largest absolute Gasteiger partial charge is 0.505 e. The molecule has 0 fully saturated rings. The molecule has 0 radical (unpaired) electrons. The van der Waals surface area contributed by atoms with Crippen LogP contribution in [0.1, 0.15) is 5.82 Å². The predicted octanol–water partition coefficient (Wildman–Crippen LogP) is 1.64. The Hall–Kier alpha value is -2.89. The van der Waals surface area contributed by atoms with E-state index in [-0.39, 0.29) is 17.1 Å². The number of hydrogen-bond acceptors (Lipinski definition) is 4. The van der Waals surface area contributed by atoms with E-state index in [0.29, 0.717) is 11.0 Å². The van der Waals surface area contributed by atoms with Crippen LogP contribution < -0.4 is 5.56 Å². The first-order valence-corrected chi connectivity index (χ1v) is 5.58. The topological polar surface area (TPSA) is 83.8 Å². The number of nitrogens with zero attached hydrogens (tertiary/aromatic N) is 3. The van der Waals surface area contributed by atoms with Gasteiger partial charge < -0.3 is 10.1 Å². The normalized spacial score (nSPS) is 10.7. The molecule has 3 rings (SSSR count). The molecule has 0 bridgehead atoms. The smallest absolute Gasteiger partial charge is 0.262 e. The van der Waals surface area contributed by atoms with Gasteiger partial charge in [0.2, 0.25) is 0 Å². The highest BCUT2D eigenvalue weighted by Gasteiger charge is 2.12. The van der Waals surface area contributed by atoms with E-state index in [4.69, 9.17) is 0 Å². The third-order valence-corrected chi connectivity index (χ3v) is 2.71. The average molecular weight is 254 g/mol. The summed E-state index contributed by atoms with van der Waals surface area (Å²) in [4.78, 5) is 18.5. The molecule has 0 atom stereocenters. The van der Waals surface area contributed by atoms with Crippen molar-refractivity contribution in [2.24, 2.45) is 0 Å². The highest BCUT2D eigenvalue weighted by Crippen LogP contribution is 2.14. The molecule has 94 valence electrons. The Labute approximate surface area is 107 Å². The van der Waals surface area contributed by atoms with Crippen LogP contribution in [-0.4, -0.2) is 24.9 Å². The number of para-hydroxylation sites is 1. The van der Waals surface area contributed by atoms with Gasteiger partial charge in [-0.05, 0) is 12.1 Å². The Kier molecular flexibility index (Phi) is 2.42. The van der Waals surface area contributed by atoms with E-state index in [1.54, 1.807) is 0 Å². The number of nitrogens with one attached hydrogen (secondary N) is 1. The summed E-state index contributed by atoms with van der Waals surface area (Å²) in [6.45, 7) is 3.35. The second-order valence-corrected chi connectivity index (χ2v) is 3.99. The van der Waals surface area contributed by atoms with Crippen LogP contribution in [0.15, 0.2) is 47.9 Å². The molecule has 6 heteroatoms. The average Bonchev–Trinajstić information content (AvgIpc) is 2.84. The number of aliphatic hydroxyl groups is 1. The first-order valence-electron chi connectivity index (χ1n) is 5.58. The molecule has 3 aromatic rings. The summed E-state index contributed by atoms with van der Waals surface area (Å²) in [6, 6.07) is 9.31. The van der Waals surface area contributed by atoms with Gasteiger partial charge in [0, 0.05) is 0 Å². The number of aromatic nitrogens is 4. The Bertz CT molecular complexity index is 818. The van der Waals surface area contributed by atoms with E-state index in [0.717, 1.165) is 5.69 Å². The Balaban J connectivity index is 2.34. The van der Waals surface area contributed by atoms with Gasteiger partial charge in [0.1, 0.15) is 5.39 Å². The molecule has 1 aromatic carbocycles. The zero-order valence-electron chi connectivity index (χ0n) is 9.87. The second-order valence-electron chi connectivity index (χ2n) is 3.99. The standard InChI is InChI=1S/C13H10N4O2/c1-8(18)11-15-12-10(13(19)16-11)7-14-17(12)9-5-3-2-4-6-9/h2-7,18H,1H2,(H,15,16,19). The van der Waals surface area contributed by atoms with E-state index in [9.17, 15) is 9.90 Å². The summed E-state index contributed by atoms with van der Waals surface area (Å²) < 4.78 is 1.54. The molecule has 6 nitrogen and oxygen atoms in total. The lowest BCUT2D eigenvalue weighted by atomic mass is 10.3. The quantitative estimate of drug-likeness (QED) is 0.681. The number of fused-ring (bicyclic) bond motifs is 1. The van der Waals surface area contributed by atoms with Crippen molar-refractivity contribution < 1.29 is 5.11 Å². The molecule has 0 aliphatic rings. The van der Waals surface area contributed by atoms with Gasteiger partial charge in [0.15, 0.2) is 17.2 Å². The maximum atomic E-state index is 11.8. The van der Waals surface area contributed by atoms with Gasteiger partial charge in [-0.15, -0.1) is 0 Å². The Morgan fingerprint density at radius 3 is 2.74 bits per heavy atom. The van der Waals surface area contributed by atoms with Crippen LogP contribution in [0.4, 0.5) is 0 Å². The van der Waals surface area contributed by atoms with E-state index in [2.05, 4.69) is 21.6 Å². The van der Waals surface area contributed by atoms with Crippen LogP contribution in [0.2, 0.25) is 0 Å². The molecule has 0 saturated carbocycles. The van der Waals surface area contributed by atoms with Crippen molar-refractivity contribution in [3.63, 3.8) is 0 Å². The van der Waals surface area contributed by atoms with Crippen molar-refractivity contribution in [3.05, 3.63) is 59.3 Å². The SMILES string of the molecule is C=C(O)c1nc2c(cnn2-c2ccccc2)c(=O)[nH]1. The minimum absolute atomic E-state index is 0.0372. The van der Waals surface area contributed by atoms with Crippen LogP contribution in [0.3, 0.4) is 0 Å². The number of hydrogen-bond donors (Lipinski definition) is 2. The van der Waals surface area contributed by atoms with Crippen LogP contribution in [-0.2, 0) is 0 Å². The number of aliphatic hydroxyl groups excluding tert-OH is 1. The molecule has 19 heavy (non-hydrogen) atoms. The molecule has 2 aromatic heterocycles. The van der Waals surface area contributed by atoms with Crippen molar-refractivity contribution in [3.8, 4) is 5.69 Å². The summed E-state index contributed by atoms with van der Waals surface area (Å²) in [5.41, 5.74) is 0.794. The number of aromatic amines is 1. The lowest BCUT2D eigenvalue weighted by Gasteiger charge is -2.03. The van der Waals surface area contributed by atoms with Gasteiger partial charge in [0.05, 0.1) is 11.9 Å². The van der Waals surface area contributed by atoms with E-state index in [1.807, 2.05) is 30.3 Å². The van der Waals surface area contributed by atoms with E-state index >= 15 is 0 Å². The van der Waals surface area contributed by atoms with Crippen LogP contribution in [0.5, 0.6) is 0 Å². The third-order valence-electron chi connectivity index (χ3n) is 2.71. The van der Waals surface area contributed by atoms with Gasteiger partial charge in [-0.2, -0.15) is 5.10 Å². The number of benzene rings is 1. The highest BCUT2D eigenvalue weighted by atomic mass is 16.3. The van der Waals surface area contributed by atoms with Crippen LogP contribution in [0.25, 0.3) is 22.5 Å². The minimum atomic E-state index is -0.364. The summed E-state index contributed by atoms with van der Waals surface area (Å²) in [5, 5.41) is 13.9. The molecule has 0 aliphatic carbocycles. The van der Waals surface area contributed by atoms with Gasteiger partial charge in [0.25, 0.3) is 5.56 Å². The first-order chi connectivity index (χ1) is 9.16. The summed E-state index contributed by atoms with van der Waals surface area (Å²) >= 11 is 0. The molecular formula is C13H10N4O2. The van der Waals surface area contributed by atoms with Crippen LogP contribution >= 0.6 is 0 Å². The first kappa shape index (κ1) is 11.2. The molecule has 2 N–H and O–H groups in total. The minimum Gasteiger partial charge on any atom is -0.505 e. The molecule has 0 amide bonds. The third kappa shape index (κ3) is 1.79. The molecular weight excluding hydrogens is 244 g/mol. The maximum absolute atomic E-state index is 11.8. The number of H-pyrrole nitrogens is 1. The van der Waals surface area contributed by atoms with Crippen molar-refractivity contribution in [2.45, 2.75) is 0 Å². The van der Waals surface area contributed by atoms with E-state index in [1.165, 1.54) is 10.9 Å². The van der Waals surface area contributed by atoms with Gasteiger partial charge >= 0.3 is 0 Å². The van der Waals surface area contributed by atoms with Gasteiger partial charge in [-0.1, -0.05) is 24.8 Å². The predicted molar refractivity (Wildman–Crippen MR) is 71.1 cm³/mol. The number of rotatable bonds is 2. The fraction of sp³-hybridized carbons (Fsp3) is 0. The van der Waals surface area contributed by atoms with Gasteiger partial charge in [-0.3, -0.25) is 4.79 Å². The summed E-state index contributed by atoms with van der Waals surface area (Å²) in [7, 11) is 0. The van der Waals surface area contributed by atoms with Crippen molar-refractivity contribution in [2.75, 3.05) is 0 Å². The molecule has 2 heterocycles. The summed E-state index contributed by atoms with van der Waals surface area (Å²) in [6.07, 6.45) is 1.44. The zero-order valence-corrected chi connectivity index (χ0v) is 9.87. The highest BCUT2D eigenvalue weighted by molar-refractivity contribution is 5.76. The van der Waals surface area contributed by atoms with E-state index < -0.39 is 0 Å². The fourth-order valence-corrected chi connectivity index (χ4v) is 1.81. The monoisotopic (exact) mass is 254 g/mol. The maximum Gasteiger partial charge on any atom is 0.262 e. The molecule has 0 aliphatic heterocycles. The van der Waals surface area contributed by atoms with Crippen molar-refractivity contribution in [1.82, 2.24) is 19.7 Å². The summed E-state index contributed by atoms with van der Waals surface area (Å²) in [5.74, 6) is -0.255. The Morgan fingerprint density at radius 1 is 1.32 bits per heavy atom. The van der Waals surface area contributed by atoms with Gasteiger partial charge in [-0.25, -0.2) is 9.67 Å². The van der Waals surface area contributed by atoms with Crippen molar-refractivity contribution in [1.29, 1.82) is 0 Å². The lowest BCUT2D eigenvalue weighted by molar-refractivity contribution is 0.506. The Morgan fingerprint density at radius 2 is 2.05 bits per heavy atom. The second kappa shape index (κ2) is 4.09. The molecule has 0 saturated heterocycles. The zero-order chi connectivity index (χ0) is 13.4. The van der Waals surface area contributed by atoms with Crippen molar-refractivity contribution >= 4 is 16.8 Å². The molecule has 0 spiro atoms. The molecule has 0 unspecified atom stereocenters. The van der Waals surface area contributed by atoms with Crippen LogP contribution in [0, 0.1) is 0 Å². The fourth-order valence-electron chi connectivity index (χ4n) is 1.81. The lowest BCUT2D eigenvalue weighted by Crippen LogP contribution is -2.11.